The molecule has 0 atom stereocenters. The van der Waals surface area contributed by atoms with Gasteiger partial charge in [0.1, 0.15) is 0 Å². The molecule has 3 aromatic rings. The second-order valence-electron chi connectivity index (χ2n) is 9.19. The van der Waals surface area contributed by atoms with Crippen molar-refractivity contribution in [3.63, 3.8) is 0 Å². The van der Waals surface area contributed by atoms with Gasteiger partial charge < -0.3 is 14.7 Å². The minimum atomic E-state index is -4.81. The zero-order chi connectivity index (χ0) is 31.0. The summed E-state index contributed by atoms with van der Waals surface area (Å²) < 4.78 is 119. The molecule has 0 spiro atoms. The minimum absolute atomic E-state index is 0.482. The largest absolute Gasteiger partial charge is 0.416 e. The predicted molar refractivity (Wildman–Crippen MR) is 127 cm³/mol. The summed E-state index contributed by atoms with van der Waals surface area (Å²) in [5.74, 6) is -3.24. The number of rotatable bonds is 3. The lowest BCUT2D eigenvalue weighted by Gasteiger charge is -2.42. The molecule has 3 aromatic carbocycles. The summed E-state index contributed by atoms with van der Waals surface area (Å²) in [5.41, 5.74) is -4.95. The fourth-order valence-corrected chi connectivity index (χ4v) is 4.17. The molecule has 0 aromatic heterocycles. The van der Waals surface area contributed by atoms with E-state index < -0.39 is 89.6 Å². The molecule has 0 saturated carbocycles. The number of hydrogen-bond donors (Lipinski definition) is 0. The van der Waals surface area contributed by atoms with Crippen LogP contribution in [0.4, 0.5) is 39.5 Å². The lowest BCUT2D eigenvalue weighted by atomic mass is 10.1. The number of nitrogens with zero attached hydrogens (tertiary/aromatic N) is 3. The Bertz CT molecular complexity index is 1330. The second-order valence-corrected chi connectivity index (χ2v) is 9.19. The van der Waals surface area contributed by atoms with Gasteiger partial charge >= 0.3 is 18.5 Å². The van der Waals surface area contributed by atoms with Crippen molar-refractivity contribution in [2.75, 3.05) is 20.0 Å². The fraction of sp³-hybridized carbons (Fsp3) is 0.222. The van der Waals surface area contributed by atoms with Crippen molar-refractivity contribution in [3.8, 4) is 0 Å². The van der Waals surface area contributed by atoms with E-state index in [4.69, 9.17) is 0 Å². The maximum Gasteiger partial charge on any atom is 0.416 e. The van der Waals surface area contributed by atoms with E-state index in [1.165, 1.54) is 0 Å². The van der Waals surface area contributed by atoms with Crippen molar-refractivity contribution in [1.29, 1.82) is 0 Å². The topological polar surface area (TPSA) is 60.9 Å². The number of carbonyl (C=O) groups excluding carboxylic acids is 3. The maximum absolute atomic E-state index is 13.2. The van der Waals surface area contributed by atoms with Gasteiger partial charge in [0.15, 0.2) is 0 Å². The quantitative estimate of drug-likeness (QED) is 0.328. The van der Waals surface area contributed by atoms with Gasteiger partial charge in [-0.25, -0.2) is 0 Å². The van der Waals surface area contributed by atoms with Gasteiger partial charge in [0, 0.05) is 16.7 Å². The van der Waals surface area contributed by atoms with Gasteiger partial charge in [-0.1, -0.05) is 18.2 Å². The predicted octanol–water partition coefficient (Wildman–Crippen LogP) is 6.36. The molecule has 0 aliphatic carbocycles. The summed E-state index contributed by atoms with van der Waals surface area (Å²) in [4.78, 5) is 42.1. The van der Waals surface area contributed by atoms with Crippen LogP contribution in [-0.2, 0) is 18.5 Å². The maximum atomic E-state index is 13.2. The third-order valence-corrected chi connectivity index (χ3v) is 6.20. The molecule has 3 amide bonds. The molecular weight excluding hydrogens is 585 g/mol. The van der Waals surface area contributed by atoms with E-state index in [-0.39, 0.29) is 0 Å². The highest BCUT2D eigenvalue weighted by Gasteiger charge is 2.37. The van der Waals surface area contributed by atoms with Crippen molar-refractivity contribution in [3.05, 3.63) is 106 Å². The Morgan fingerprint density at radius 3 is 0.905 bits per heavy atom. The van der Waals surface area contributed by atoms with Gasteiger partial charge in [-0.3, -0.25) is 14.4 Å². The lowest BCUT2D eigenvalue weighted by molar-refractivity contribution is -0.138. The Morgan fingerprint density at radius 2 is 0.690 bits per heavy atom. The molecule has 1 fully saturated rings. The van der Waals surface area contributed by atoms with Gasteiger partial charge in [0.05, 0.1) is 36.7 Å². The van der Waals surface area contributed by atoms with Gasteiger partial charge in [-0.2, -0.15) is 39.5 Å². The summed E-state index contributed by atoms with van der Waals surface area (Å²) in [6.45, 7) is -1.97. The number of benzene rings is 3. The fourth-order valence-electron chi connectivity index (χ4n) is 4.17. The summed E-state index contributed by atoms with van der Waals surface area (Å²) in [6.07, 6.45) is -14.4. The zero-order valence-electron chi connectivity index (χ0n) is 21.0. The molecule has 4 rings (SSSR count). The van der Waals surface area contributed by atoms with Crippen LogP contribution in [0.2, 0.25) is 0 Å². The average Bonchev–Trinajstić information content (AvgIpc) is 2.94. The third kappa shape index (κ3) is 6.66. The second kappa shape index (κ2) is 11.0. The molecule has 15 heteroatoms. The zero-order valence-corrected chi connectivity index (χ0v) is 21.0. The van der Waals surface area contributed by atoms with Crippen LogP contribution < -0.4 is 0 Å². The van der Waals surface area contributed by atoms with Crippen LogP contribution in [0.3, 0.4) is 0 Å². The van der Waals surface area contributed by atoms with Crippen molar-refractivity contribution in [2.24, 2.45) is 0 Å². The molecule has 0 bridgehead atoms. The SMILES string of the molecule is O=C(c1cccc(C(F)(F)F)c1)N1CN(C(=O)c2cccc(C(F)(F)F)c2)CN(C(=O)c2cccc(C(F)(F)F)c2)C1. The van der Waals surface area contributed by atoms with Gasteiger partial charge in [0.2, 0.25) is 0 Å². The molecule has 0 N–H and O–H groups in total. The molecule has 1 aliphatic rings. The van der Waals surface area contributed by atoms with E-state index in [0.717, 1.165) is 51.1 Å². The van der Waals surface area contributed by atoms with E-state index in [9.17, 15) is 53.9 Å². The monoisotopic (exact) mass is 603 g/mol. The van der Waals surface area contributed by atoms with Crippen molar-refractivity contribution < 1.29 is 53.9 Å². The van der Waals surface area contributed by atoms with Crippen LogP contribution in [0.5, 0.6) is 0 Å². The van der Waals surface area contributed by atoms with Gasteiger partial charge in [-0.15, -0.1) is 0 Å². The van der Waals surface area contributed by atoms with Gasteiger partial charge in [0.25, 0.3) is 17.7 Å². The molecule has 1 saturated heterocycles. The summed E-state index contributed by atoms with van der Waals surface area (Å²) in [7, 11) is 0. The first kappa shape index (κ1) is 30.4. The Labute approximate surface area is 231 Å². The summed E-state index contributed by atoms with van der Waals surface area (Å²) in [6, 6.07) is 9.74. The number of halogens is 9. The Kier molecular flexibility index (Phi) is 7.98. The highest BCUT2D eigenvalue weighted by Crippen LogP contribution is 2.32. The van der Waals surface area contributed by atoms with E-state index in [1.54, 1.807) is 0 Å². The molecule has 42 heavy (non-hydrogen) atoms. The molecule has 0 unspecified atom stereocenters. The van der Waals surface area contributed by atoms with Crippen molar-refractivity contribution in [1.82, 2.24) is 14.7 Å². The molecule has 1 heterocycles. The first-order valence-electron chi connectivity index (χ1n) is 11.8. The lowest BCUT2D eigenvalue weighted by Crippen LogP contribution is -2.59. The smallest absolute Gasteiger partial charge is 0.303 e. The van der Waals surface area contributed by atoms with E-state index in [0.29, 0.717) is 36.4 Å². The molecule has 6 nitrogen and oxygen atoms in total. The Hall–Kier alpha value is -4.56. The first-order valence-corrected chi connectivity index (χ1v) is 11.8. The van der Waals surface area contributed by atoms with Crippen LogP contribution in [0.15, 0.2) is 72.8 Å². The number of amides is 3. The van der Waals surface area contributed by atoms with Crippen LogP contribution in [-0.4, -0.2) is 52.4 Å². The van der Waals surface area contributed by atoms with E-state index in [2.05, 4.69) is 0 Å². The number of alkyl halides is 9. The van der Waals surface area contributed by atoms with Crippen LogP contribution in [0.25, 0.3) is 0 Å². The molecule has 0 radical (unpaired) electrons. The van der Waals surface area contributed by atoms with E-state index in [1.807, 2.05) is 0 Å². The Balaban J connectivity index is 1.71. The summed E-state index contributed by atoms with van der Waals surface area (Å²) in [5, 5.41) is 0. The normalized spacial score (nSPS) is 14.6. The standard InChI is InChI=1S/C27H18F9N3O3/c28-25(29,30)19-7-1-4-16(10-19)22(40)37-13-38(23(41)17-5-2-8-20(11-17)26(31,32)33)15-39(14-37)24(42)18-6-3-9-21(12-18)27(34,35)36/h1-12H,13-15H2. The van der Waals surface area contributed by atoms with Crippen molar-refractivity contribution >= 4 is 17.7 Å². The van der Waals surface area contributed by atoms with Crippen LogP contribution in [0.1, 0.15) is 47.8 Å². The minimum Gasteiger partial charge on any atom is -0.303 e. The average molecular weight is 603 g/mol. The summed E-state index contributed by atoms with van der Waals surface area (Å²) >= 11 is 0. The molecule has 1 aliphatic heterocycles. The highest BCUT2D eigenvalue weighted by molar-refractivity contribution is 5.99. The highest BCUT2D eigenvalue weighted by atomic mass is 19.4. The first-order chi connectivity index (χ1) is 19.4. The Morgan fingerprint density at radius 1 is 0.452 bits per heavy atom. The van der Waals surface area contributed by atoms with Crippen LogP contribution >= 0.6 is 0 Å². The van der Waals surface area contributed by atoms with Gasteiger partial charge in [-0.05, 0) is 54.6 Å². The van der Waals surface area contributed by atoms with Crippen molar-refractivity contribution in [2.45, 2.75) is 18.5 Å². The number of carbonyl (C=O) groups is 3. The molecular formula is C27H18F9N3O3. The third-order valence-electron chi connectivity index (χ3n) is 6.20. The van der Waals surface area contributed by atoms with E-state index >= 15 is 0 Å². The number of hydrogen-bond acceptors (Lipinski definition) is 3. The molecule has 222 valence electrons. The van der Waals surface area contributed by atoms with Crippen LogP contribution in [0, 0.1) is 0 Å².